The van der Waals surface area contributed by atoms with Gasteiger partial charge in [-0.2, -0.15) is 0 Å². The molecule has 2 aromatic rings. The smallest absolute Gasteiger partial charge is 0.174 e. The molecule has 0 amide bonds. The summed E-state index contributed by atoms with van der Waals surface area (Å²) < 4.78 is 24.0. The van der Waals surface area contributed by atoms with Crippen LogP contribution in [0.1, 0.15) is 25.2 Å². The number of rotatable bonds is 6. The Morgan fingerprint density at radius 3 is 2.84 bits per heavy atom. The van der Waals surface area contributed by atoms with Gasteiger partial charge in [0.25, 0.3) is 0 Å². The van der Waals surface area contributed by atoms with E-state index in [0.29, 0.717) is 18.3 Å². The summed E-state index contributed by atoms with van der Waals surface area (Å²) in [6.07, 6.45) is 1.52. The van der Waals surface area contributed by atoms with Gasteiger partial charge in [0.2, 0.25) is 0 Å². The summed E-state index contributed by atoms with van der Waals surface area (Å²) in [5.41, 5.74) is 0.887. The molecule has 0 aliphatic rings. The molecule has 102 valence electrons. The molecule has 19 heavy (non-hydrogen) atoms. The predicted octanol–water partition coefficient (Wildman–Crippen LogP) is 2.89. The minimum atomic E-state index is -0.373. The molecule has 5 heteroatoms. The molecule has 1 aromatic carbocycles. The minimum Gasteiger partial charge on any atom is -0.482 e. The molecule has 0 saturated heterocycles. The highest BCUT2D eigenvalue weighted by Crippen LogP contribution is 2.19. The lowest BCUT2D eigenvalue weighted by atomic mass is 10.2. The van der Waals surface area contributed by atoms with Gasteiger partial charge in [0.1, 0.15) is 6.61 Å². The summed E-state index contributed by atoms with van der Waals surface area (Å²) >= 11 is 0. The number of hydrogen-bond acceptors (Lipinski definition) is 4. The normalized spacial score (nSPS) is 10.9. The van der Waals surface area contributed by atoms with Crippen LogP contribution in [0.2, 0.25) is 0 Å². The Labute approximate surface area is 111 Å². The van der Waals surface area contributed by atoms with E-state index in [1.165, 1.54) is 12.3 Å². The van der Waals surface area contributed by atoms with Gasteiger partial charge < -0.3 is 14.6 Å². The third kappa shape index (κ3) is 4.06. The summed E-state index contributed by atoms with van der Waals surface area (Å²) in [6.45, 7) is 4.90. The molecule has 4 nitrogen and oxygen atoms in total. The maximum Gasteiger partial charge on any atom is 0.174 e. The summed E-state index contributed by atoms with van der Waals surface area (Å²) in [4.78, 5) is 0. The first-order chi connectivity index (χ1) is 9.15. The summed E-state index contributed by atoms with van der Waals surface area (Å²) in [6, 6.07) is 6.99. The lowest BCUT2D eigenvalue weighted by Crippen LogP contribution is -2.21. The highest BCUT2D eigenvalue weighted by atomic mass is 19.1. The highest BCUT2D eigenvalue weighted by molar-refractivity contribution is 5.29. The Kier molecular flexibility index (Phi) is 4.52. The van der Waals surface area contributed by atoms with Crippen LogP contribution in [0.15, 0.2) is 35.0 Å². The van der Waals surface area contributed by atoms with Crippen molar-refractivity contribution in [3.05, 3.63) is 47.6 Å². The molecule has 0 atom stereocenters. The quantitative estimate of drug-likeness (QED) is 0.871. The fourth-order valence-corrected chi connectivity index (χ4v) is 1.56. The van der Waals surface area contributed by atoms with E-state index >= 15 is 0 Å². The van der Waals surface area contributed by atoms with Crippen molar-refractivity contribution in [2.24, 2.45) is 0 Å². The van der Waals surface area contributed by atoms with E-state index in [-0.39, 0.29) is 18.2 Å². The van der Waals surface area contributed by atoms with E-state index in [4.69, 9.17) is 9.26 Å². The van der Waals surface area contributed by atoms with E-state index < -0.39 is 0 Å². The molecule has 0 radical (unpaired) electrons. The number of ether oxygens (including phenoxy) is 1. The topological polar surface area (TPSA) is 47.3 Å². The number of halogens is 1. The van der Waals surface area contributed by atoms with Crippen LogP contribution in [-0.4, -0.2) is 11.2 Å². The van der Waals surface area contributed by atoms with Gasteiger partial charge >= 0.3 is 0 Å². The second-order valence-electron chi connectivity index (χ2n) is 4.57. The second kappa shape index (κ2) is 6.33. The van der Waals surface area contributed by atoms with Gasteiger partial charge in [0.05, 0.1) is 6.20 Å². The highest BCUT2D eigenvalue weighted by Gasteiger charge is 2.06. The van der Waals surface area contributed by atoms with Gasteiger partial charge in [-0.05, 0) is 17.7 Å². The molecule has 0 saturated carbocycles. The van der Waals surface area contributed by atoms with Crippen molar-refractivity contribution in [2.75, 3.05) is 0 Å². The maximum atomic E-state index is 13.8. The first-order valence-electron chi connectivity index (χ1n) is 6.19. The molecule has 1 N–H and O–H groups in total. The van der Waals surface area contributed by atoms with Crippen LogP contribution >= 0.6 is 0 Å². The van der Waals surface area contributed by atoms with Crippen LogP contribution in [-0.2, 0) is 13.2 Å². The number of benzene rings is 1. The van der Waals surface area contributed by atoms with Gasteiger partial charge in [-0.3, -0.25) is 0 Å². The van der Waals surface area contributed by atoms with E-state index in [1.54, 1.807) is 12.1 Å². The largest absolute Gasteiger partial charge is 0.482 e. The molecule has 0 spiro atoms. The monoisotopic (exact) mass is 264 g/mol. The summed E-state index contributed by atoms with van der Waals surface area (Å²) in [5, 5.41) is 6.79. The SMILES string of the molecule is CC(C)NCc1ccc(OCc2ccno2)c(F)c1. The van der Waals surface area contributed by atoms with Crippen molar-refractivity contribution >= 4 is 0 Å². The number of aromatic nitrogens is 1. The van der Waals surface area contributed by atoms with Crippen LogP contribution in [0.4, 0.5) is 4.39 Å². The fraction of sp³-hybridized carbons (Fsp3) is 0.357. The van der Waals surface area contributed by atoms with E-state index in [9.17, 15) is 4.39 Å². The Morgan fingerprint density at radius 1 is 1.37 bits per heavy atom. The number of nitrogens with one attached hydrogen (secondary N) is 1. The van der Waals surface area contributed by atoms with E-state index in [0.717, 1.165) is 5.56 Å². The Bertz CT molecular complexity index is 512. The molecule has 0 aliphatic carbocycles. The van der Waals surface area contributed by atoms with Crippen LogP contribution in [0.25, 0.3) is 0 Å². The summed E-state index contributed by atoms with van der Waals surface area (Å²) in [7, 11) is 0. The van der Waals surface area contributed by atoms with Gasteiger partial charge in [-0.1, -0.05) is 25.1 Å². The van der Waals surface area contributed by atoms with Crippen LogP contribution in [0, 0.1) is 5.82 Å². The number of nitrogens with zero attached hydrogens (tertiary/aromatic N) is 1. The van der Waals surface area contributed by atoms with Crippen LogP contribution < -0.4 is 10.1 Å². The van der Waals surface area contributed by atoms with Gasteiger partial charge in [0, 0.05) is 18.7 Å². The van der Waals surface area contributed by atoms with E-state index in [2.05, 4.69) is 10.5 Å². The van der Waals surface area contributed by atoms with Crippen molar-refractivity contribution in [1.82, 2.24) is 10.5 Å². The third-order valence-corrected chi connectivity index (χ3v) is 2.57. The zero-order chi connectivity index (χ0) is 13.7. The van der Waals surface area contributed by atoms with Gasteiger partial charge in [-0.25, -0.2) is 4.39 Å². The molecule has 1 heterocycles. The fourth-order valence-electron chi connectivity index (χ4n) is 1.56. The third-order valence-electron chi connectivity index (χ3n) is 2.57. The van der Waals surface area contributed by atoms with Gasteiger partial charge in [-0.15, -0.1) is 0 Å². The predicted molar refractivity (Wildman–Crippen MR) is 69.2 cm³/mol. The second-order valence-corrected chi connectivity index (χ2v) is 4.57. The molecule has 1 aromatic heterocycles. The van der Waals surface area contributed by atoms with Crippen molar-refractivity contribution < 1.29 is 13.7 Å². The zero-order valence-electron chi connectivity index (χ0n) is 11.0. The van der Waals surface area contributed by atoms with Crippen molar-refractivity contribution in [3.8, 4) is 5.75 Å². The molecule has 2 rings (SSSR count). The van der Waals surface area contributed by atoms with Crippen molar-refractivity contribution in [3.63, 3.8) is 0 Å². The zero-order valence-corrected chi connectivity index (χ0v) is 11.0. The Hall–Kier alpha value is -1.88. The maximum absolute atomic E-state index is 13.8. The minimum absolute atomic E-state index is 0.167. The van der Waals surface area contributed by atoms with Crippen LogP contribution in [0.3, 0.4) is 0 Å². The van der Waals surface area contributed by atoms with Crippen molar-refractivity contribution in [1.29, 1.82) is 0 Å². The molecule has 0 bridgehead atoms. The lowest BCUT2D eigenvalue weighted by Gasteiger charge is -2.10. The number of hydrogen-bond donors (Lipinski definition) is 1. The molecular formula is C14H17FN2O2. The van der Waals surface area contributed by atoms with E-state index in [1.807, 2.05) is 19.9 Å². The molecule has 0 aliphatic heterocycles. The Morgan fingerprint density at radius 2 is 2.21 bits per heavy atom. The van der Waals surface area contributed by atoms with Crippen molar-refractivity contribution in [2.45, 2.75) is 33.0 Å². The first kappa shape index (κ1) is 13.5. The average molecular weight is 264 g/mol. The average Bonchev–Trinajstić information content (AvgIpc) is 2.88. The first-order valence-corrected chi connectivity index (χ1v) is 6.19. The summed E-state index contributed by atoms with van der Waals surface area (Å²) in [5.74, 6) is 0.400. The molecule has 0 unspecified atom stereocenters. The lowest BCUT2D eigenvalue weighted by molar-refractivity contribution is 0.240. The molecular weight excluding hydrogens is 247 g/mol. The Balaban J connectivity index is 1.94. The molecule has 0 fully saturated rings. The standard InChI is InChI=1S/C14H17FN2O2/c1-10(2)16-8-11-3-4-14(13(15)7-11)18-9-12-5-6-17-19-12/h3-7,10,16H,8-9H2,1-2H3. The van der Waals surface area contributed by atoms with Crippen LogP contribution in [0.5, 0.6) is 5.75 Å². The van der Waals surface area contributed by atoms with Gasteiger partial charge in [0.15, 0.2) is 17.3 Å².